The Kier molecular flexibility index (Phi) is 3.94. The first-order valence-corrected chi connectivity index (χ1v) is 8.01. The van der Waals surface area contributed by atoms with Gasteiger partial charge in [-0.3, -0.25) is 14.9 Å². The SMILES string of the molecule is CC(=O)Nc1ccccc1C(=O)Nc1nc(C2CC2)c(C)s1. The number of aromatic nitrogens is 1. The van der Waals surface area contributed by atoms with E-state index in [-0.39, 0.29) is 11.8 Å². The second kappa shape index (κ2) is 5.88. The number of hydrogen-bond acceptors (Lipinski definition) is 4. The van der Waals surface area contributed by atoms with Gasteiger partial charge in [0.2, 0.25) is 5.91 Å². The average molecular weight is 315 g/mol. The van der Waals surface area contributed by atoms with E-state index in [1.165, 1.54) is 31.1 Å². The molecular weight excluding hydrogens is 298 g/mol. The summed E-state index contributed by atoms with van der Waals surface area (Å²) in [6.07, 6.45) is 2.37. The molecule has 0 spiro atoms. The maximum atomic E-state index is 12.4. The second-order valence-electron chi connectivity index (χ2n) is 5.42. The molecule has 1 aromatic carbocycles. The maximum Gasteiger partial charge on any atom is 0.259 e. The molecule has 1 aromatic heterocycles. The molecule has 114 valence electrons. The Morgan fingerprint density at radius 3 is 2.64 bits per heavy atom. The molecule has 1 aliphatic rings. The molecular formula is C16H17N3O2S. The highest BCUT2D eigenvalue weighted by atomic mass is 32.1. The van der Waals surface area contributed by atoms with Crippen LogP contribution in [0, 0.1) is 6.92 Å². The van der Waals surface area contributed by atoms with Gasteiger partial charge >= 0.3 is 0 Å². The number of benzene rings is 1. The first-order valence-electron chi connectivity index (χ1n) is 7.20. The number of nitrogens with one attached hydrogen (secondary N) is 2. The van der Waals surface area contributed by atoms with Crippen molar-refractivity contribution in [3.8, 4) is 0 Å². The summed E-state index contributed by atoms with van der Waals surface area (Å²) in [4.78, 5) is 29.3. The van der Waals surface area contributed by atoms with Gasteiger partial charge in [-0.1, -0.05) is 12.1 Å². The molecule has 6 heteroatoms. The molecule has 0 unspecified atom stereocenters. The normalized spacial score (nSPS) is 13.7. The lowest BCUT2D eigenvalue weighted by Crippen LogP contribution is -2.16. The summed E-state index contributed by atoms with van der Waals surface area (Å²) in [5, 5.41) is 6.11. The number of carbonyl (C=O) groups excluding carboxylic acids is 2. The number of amides is 2. The Hall–Kier alpha value is -2.21. The monoisotopic (exact) mass is 315 g/mol. The molecule has 5 nitrogen and oxygen atoms in total. The average Bonchev–Trinajstić information content (AvgIpc) is 3.23. The van der Waals surface area contributed by atoms with Crippen LogP contribution in [0.2, 0.25) is 0 Å². The van der Waals surface area contributed by atoms with Gasteiger partial charge in [0.15, 0.2) is 5.13 Å². The molecule has 0 radical (unpaired) electrons. The largest absolute Gasteiger partial charge is 0.326 e. The maximum absolute atomic E-state index is 12.4. The predicted octanol–water partition coefficient (Wildman–Crippen LogP) is 3.54. The number of carbonyl (C=O) groups is 2. The van der Waals surface area contributed by atoms with E-state index in [0.29, 0.717) is 22.3 Å². The molecule has 2 aromatic rings. The highest BCUT2D eigenvalue weighted by Crippen LogP contribution is 2.43. The van der Waals surface area contributed by atoms with Crippen LogP contribution in [0.15, 0.2) is 24.3 Å². The van der Waals surface area contributed by atoms with Crippen molar-refractivity contribution in [2.24, 2.45) is 0 Å². The fourth-order valence-electron chi connectivity index (χ4n) is 2.34. The van der Waals surface area contributed by atoms with Gasteiger partial charge in [-0.25, -0.2) is 4.98 Å². The molecule has 1 fully saturated rings. The standard InChI is InChI=1S/C16H17N3O2S/c1-9-14(11-7-8-11)18-16(22-9)19-15(21)12-5-3-4-6-13(12)17-10(2)20/h3-6,11H,7-8H2,1-2H3,(H,17,20)(H,18,19,21). The predicted molar refractivity (Wildman–Crippen MR) is 87.5 cm³/mol. The van der Waals surface area contributed by atoms with Crippen LogP contribution < -0.4 is 10.6 Å². The third-order valence-corrected chi connectivity index (χ3v) is 4.40. The summed E-state index contributed by atoms with van der Waals surface area (Å²) >= 11 is 1.50. The van der Waals surface area contributed by atoms with Gasteiger partial charge in [0.05, 0.1) is 16.9 Å². The lowest BCUT2D eigenvalue weighted by atomic mass is 10.1. The van der Waals surface area contributed by atoms with Crippen molar-refractivity contribution in [1.82, 2.24) is 4.98 Å². The van der Waals surface area contributed by atoms with Crippen LogP contribution >= 0.6 is 11.3 Å². The summed E-state index contributed by atoms with van der Waals surface area (Å²) in [6.45, 7) is 3.45. The molecule has 1 saturated carbocycles. The Bertz CT molecular complexity index is 735. The molecule has 0 aliphatic heterocycles. The zero-order valence-corrected chi connectivity index (χ0v) is 13.3. The quantitative estimate of drug-likeness (QED) is 0.906. The lowest BCUT2D eigenvalue weighted by Gasteiger charge is -2.08. The third-order valence-electron chi connectivity index (χ3n) is 3.50. The number of para-hydroxylation sites is 1. The van der Waals surface area contributed by atoms with Crippen molar-refractivity contribution in [3.63, 3.8) is 0 Å². The van der Waals surface area contributed by atoms with Crippen LogP contribution in [0.5, 0.6) is 0 Å². The Morgan fingerprint density at radius 1 is 1.23 bits per heavy atom. The highest BCUT2D eigenvalue weighted by molar-refractivity contribution is 7.15. The van der Waals surface area contributed by atoms with E-state index in [9.17, 15) is 9.59 Å². The minimum Gasteiger partial charge on any atom is -0.326 e. The Morgan fingerprint density at radius 2 is 1.95 bits per heavy atom. The van der Waals surface area contributed by atoms with Crippen LogP contribution in [0.1, 0.15) is 46.6 Å². The van der Waals surface area contributed by atoms with E-state index in [2.05, 4.69) is 15.6 Å². The Balaban J connectivity index is 1.79. The number of nitrogens with zero attached hydrogens (tertiary/aromatic N) is 1. The third kappa shape index (κ3) is 3.17. The zero-order chi connectivity index (χ0) is 15.7. The fourth-order valence-corrected chi connectivity index (χ4v) is 3.24. The molecule has 3 rings (SSSR count). The van der Waals surface area contributed by atoms with E-state index in [0.717, 1.165) is 10.6 Å². The van der Waals surface area contributed by atoms with Gasteiger partial charge in [0, 0.05) is 17.7 Å². The van der Waals surface area contributed by atoms with Crippen LogP contribution in [-0.4, -0.2) is 16.8 Å². The topological polar surface area (TPSA) is 71.1 Å². The highest BCUT2D eigenvalue weighted by Gasteiger charge is 2.28. The van der Waals surface area contributed by atoms with Crippen molar-refractivity contribution < 1.29 is 9.59 Å². The van der Waals surface area contributed by atoms with E-state index < -0.39 is 0 Å². The molecule has 1 heterocycles. The molecule has 2 amide bonds. The second-order valence-corrected chi connectivity index (χ2v) is 6.62. The Labute approximate surface area is 132 Å². The molecule has 0 bridgehead atoms. The van der Waals surface area contributed by atoms with Gasteiger partial charge in [-0.15, -0.1) is 11.3 Å². The minimum atomic E-state index is -0.263. The number of aryl methyl sites for hydroxylation is 1. The first-order chi connectivity index (χ1) is 10.5. The van der Waals surface area contributed by atoms with Crippen molar-refractivity contribution in [2.45, 2.75) is 32.6 Å². The number of rotatable bonds is 4. The van der Waals surface area contributed by atoms with Crippen LogP contribution in [0.3, 0.4) is 0 Å². The molecule has 22 heavy (non-hydrogen) atoms. The van der Waals surface area contributed by atoms with Crippen LogP contribution in [0.4, 0.5) is 10.8 Å². The van der Waals surface area contributed by atoms with E-state index in [1.54, 1.807) is 24.3 Å². The smallest absolute Gasteiger partial charge is 0.259 e. The summed E-state index contributed by atoms with van der Waals surface area (Å²) in [5.41, 5.74) is 2.04. The molecule has 1 aliphatic carbocycles. The molecule has 2 N–H and O–H groups in total. The van der Waals surface area contributed by atoms with Crippen LogP contribution in [0.25, 0.3) is 0 Å². The van der Waals surface area contributed by atoms with Crippen molar-refractivity contribution in [1.29, 1.82) is 0 Å². The van der Waals surface area contributed by atoms with Crippen molar-refractivity contribution in [3.05, 3.63) is 40.4 Å². The molecule has 0 saturated heterocycles. The van der Waals surface area contributed by atoms with Gasteiger partial charge in [0.25, 0.3) is 5.91 Å². The van der Waals surface area contributed by atoms with Crippen molar-refractivity contribution in [2.75, 3.05) is 10.6 Å². The summed E-state index contributed by atoms with van der Waals surface area (Å²) in [6, 6.07) is 6.94. The number of anilines is 2. The van der Waals surface area contributed by atoms with Crippen LogP contribution in [-0.2, 0) is 4.79 Å². The van der Waals surface area contributed by atoms with Gasteiger partial charge < -0.3 is 5.32 Å². The zero-order valence-electron chi connectivity index (χ0n) is 12.5. The van der Waals surface area contributed by atoms with E-state index in [1.807, 2.05) is 6.92 Å². The van der Waals surface area contributed by atoms with Crippen molar-refractivity contribution >= 4 is 34.0 Å². The minimum absolute atomic E-state index is 0.207. The van der Waals surface area contributed by atoms with E-state index in [4.69, 9.17) is 0 Å². The molecule has 0 atom stereocenters. The first kappa shape index (κ1) is 14.7. The van der Waals surface area contributed by atoms with Gasteiger partial charge in [0.1, 0.15) is 0 Å². The number of hydrogen-bond donors (Lipinski definition) is 2. The fraction of sp³-hybridized carbons (Fsp3) is 0.312. The summed E-state index contributed by atoms with van der Waals surface area (Å²) in [7, 11) is 0. The lowest BCUT2D eigenvalue weighted by molar-refractivity contribution is -0.114. The van der Waals surface area contributed by atoms with Gasteiger partial charge in [-0.2, -0.15) is 0 Å². The van der Waals surface area contributed by atoms with E-state index >= 15 is 0 Å². The summed E-state index contributed by atoms with van der Waals surface area (Å²) in [5.74, 6) is 0.0929. The number of thiazole rings is 1. The van der Waals surface area contributed by atoms with Gasteiger partial charge in [-0.05, 0) is 31.9 Å². The summed E-state index contributed by atoms with van der Waals surface area (Å²) < 4.78 is 0.